The zero-order valence-corrected chi connectivity index (χ0v) is 14.8. The van der Waals surface area contributed by atoms with Gasteiger partial charge in [-0.15, -0.1) is 0 Å². The van der Waals surface area contributed by atoms with Gasteiger partial charge in [0.15, 0.2) is 0 Å². The Morgan fingerprint density at radius 1 is 1.00 bits per heavy atom. The molecule has 24 heavy (non-hydrogen) atoms. The number of benzene rings is 1. The first kappa shape index (κ1) is 15.0. The predicted molar refractivity (Wildman–Crippen MR) is 101 cm³/mol. The molecule has 126 valence electrons. The van der Waals surface area contributed by atoms with Gasteiger partial charge >= 0.3 is 0 Å². The number of rotatable bonds is 2. The van der Waals surface area contributed by atoms with Crippen molar-refractivity contribution in [3.05, 3.63) is 59.7 Å². The minimum Gasteiger partial charge on any atom is -0.0847 e. The lowest BCUT2D eigenvalue weighted by molar-refractivity contribution is 0.0973. The third-order valence-corrected chi connectivity index (χ3v) is 7.76. The molecule has 0 aromatic heterocycles. The third kappa shape index (κ3) is 2.33. The van der Waals surface area contributed by atoms with Crippen LogP contribution in [-0.4, -0.2) is 0 Å². The van der Waals surface area contributed by atoms with Crippen LogP contribution >= 0.6 is 0 Å². The van der Waals surface area contributed by atoms with Crippen molar-refractivity contribution in [1.82, 2.24) is 0 Å². The van der Waals surface area contributed by atoms with Gasteiger partial charge < -0.3 is 0 Å². The minimum atomic E-state index is 0.461. The topological polar surface area (TPSA) is 0 Å². The van der Waals surface area contributed by atoms with E-state index >= 15 is 0 Å². The number of fused-ring (bicyclic) bond motifs is 5. The Morgan fingerprint density at radius 2 is 1.92 bits per heavy atom. The van der Waals surface area contributed by atoms with Gasteiger partial charge in [0, 0.05) is 0 Å². The predicted octanol–water partition coefficient (Wildman–Crippen LogP) is 6.34. The molecular weight excluding hydrogens is 288 g/mol. The van der Waals surface area contributed by atoms with Crippen LogP contribution in [0.2, 0.25) is 0 Å². The molecule has 4 aliphatic carbocycles. The van der Waals surface area contributed by atoms with Gasteiger partial charge in [0.2, 0.25) is 0 Å². The molecule has 0 saturated heterocycles. The number of allylic oxidation sites excluding steroid dienone is 4. The molecule has 5 rings (SSSR count). The van der Waals surface area contributed by atoms with Gasteiger partial charge in [0.1, 0.15) is 0 Å². The zero-order chi connectivity index (χ0) is 16.0. The van der Waals surface area contributed by atoms with Crippen LogP contribution in [0.4, 0.5) is 0 Å². The van der Waals surface area contributed by atoms with Crippen LogP contribution in [-0.2, 0) is 6.42 Å². The summed E-state index contributed by atoms with van der Waals surface area (Å²) in [4.78, 5) is 0. The maximum absolute atomic E-state index is 2.70. The van der Waals surface area contributed by atoms with Crippen molar-refractivity contribution < 1.29 is 0 Å². The summed E-state index contributed by atoms with van der Waals surface area (Å²) in [7, 11) is 0. The summed E-state index contributed by atoms with van der Waals surface area (Å²) < 4.78 is 0. The molecule has 1 aromatic carbocycles. The second-order valence-corrected chi connectivity index (χ2v) is 8.86. The van der Waals surface area contributed by atoms with Crippen LogP contribution in [0.5, 0.6) is 0 Å². The Kier molecular flexibility index (Phi) is 3.69. The molecule has 0 unspecified atom stereocenters. The molecule has 0 bridgehead atoms. The smallest absolute Gasteiger partial charge is 0.00466 e. The van der Waals surface area contributed by atoms with E-state index in [4.69, 9.17) is 0 Å². The SMILES string of the molecule is C1=C[C@]2(Cc3ccccc3)CCC[C@H]2[C@@H]2CC=C3CCCC[C@@H]3[C@@H]12. The Morgan fingerprint density at radius 3 is 2.83 bits per heavy atom. The maximum Gasteiger partial charge on any atom is -0.00466 e. The molecule has 0 heteroatoms. The first-order valence-corrected chi connectivity index (χ1v) is 10.3. The molecule has 0 radical (unpaired) electrons. The average Bonchev–Trinajstić information content (AvgIpc) is 3.06. The number of hydrogen-bond acceptors (Lipinski definition) is 0. The fourth-order valence-electron chi connectivity index (χ4n) is 6.74. The normalized spacial score (nSPS) is 40.4. The van der Waals surface area contributed by atoms with Crippen LogP contribution in [0, 0.1) is 29.1 Å². The van der Waals surface area contributed by atoms with E-state index in [1.165, 1.54) is 63.4 Å². The second-order valence-electron chi connectivity index (χ2n) is 8.86. The maximum atomic E-state index is 2.70. The van der Waals surface area contributed by atoms with E-state index in [0.717, 1.165) is 23.7 Å². The van der Waals surface area contributed by atoms with Crippen molar-refractivity contribution >= 4 is 0 Å². The summed E-state index contributed by atoms with van der Waals surface area (Å²) in [6.07, 6.45) is 20.8. The van der Waals surface area contributed by atoms with Gasteiger partial charge in [-0.3, -0.25) is 0 Å². The van der Waals surface area contributed by atoms with E-state index in [-0.39, 0.29) is 0 Å². The van der Waals surface area contributed by atoms with Crippen molar-refractivity contribution in [3.8, 4) is 0 Å². The second kappa shape index (κ2) is 5.90. The Hall–Kier alpha value is -1.30. The Labute approximate surface area is 147 Å². The van der Waals surface area contributed by atoms with Crippen LogP contribution in [0.3, 0.4) is 0 Å². The van der Waals surface area contributed by atoms with Gasteiger partial charge in [-0.1, -0.05) is 67.0 Å². The quantitative estimate of drug-likeness (QED) is 0.558. The summed E-state index contributed by atoms with van der Waals surface area (Å²) in [6, 6.07) is 11.2. The fraction of sp³-hybridized carbons (Fsp3) is 0.583. The highest BCUT2D eigenvalue weighted by Gasteiger charge is 2.51. The first-order chi connectivity index (χ1) is 11.9. The molecule has 1 aromatic rings. The zero-order valence-electron chi connectivity index (χ0n) is 14.8. The monoisotopic (exact) mass is 318 g/mol. The molecule has 0 N–H and O–H groups in total. The van der Waals surface area contributed by atoms with Gasteiger partial charge in [-0.25, -0.2) is 0 Å². The van der Waals surface area contributed by atoms with Crippen LogP contribution in [0.15, 0.2) is 54.1 Å². The van der Waals surface area contributed by atoms with Crippen LogP contribution in [0.25, 0.3) is 0 Å². The van der Waals surface area contributed by atoms with E-state index in [9.17, 15) is 0 Å². The van der Waals surface area contributed by atoms with E-state index < -0.39 is 0 Å². The molecule has 0 heterocycles. The standard InChI is InChI=1S/C24H30/c1-2-7-18(8-3-1)17-24-15-6-11-23(24)22-13-12-19-9-4-5-10-20(19)21(22)14-16-24/h1-3,7-8,12,14,16,20-23H,4-6,9-11,13,15,17H2/t20-,21+,22+,23-,24-/m0/s1. The molecule has 0 nitrogen and oxygen atoms in total. The molecule has 5 atom stereocenters. The molecule has 0 amide bonds. The lowest BCUT2D eigenvalue weighted by atomic mass is 9.55. The van der Waals surface area contributed by atoms with E-state index in [1.54, 1.807) is 0 Å². The fourth-order valence-corrected chi connectivity index (χ4v) is 6.74. The van der Waals surface area contributed by atoms with Crippen molar-refractivity contribution in [2.24, 2.45) is 29.1 Å². The molecule has 2 fully saturated rings. The summed E-state index contributed by atoms with van der Waals surface area (Å²) in [5.41, 5.74) is 3.82. The highest BCUT2D eigenvalue weighted by Crippen LogP contribution is 2.59. The highest BCUT2D eigenvalue weighted by atomic mass is 14.5. The molecule has 4 aliphatic rings. The van der Waals surface area contributed by atoms with E-state index in [2.05, 4.69) is 48.6 Å². The van der Waals surface area contributed by atoms with Crippen LogP contribution < -0.4 is 0 Å². The number of hydrogen-bond donors (Lipinski definition) is 0. The molecular formula is C24H30. The summed E-state index contributed by atoms with van der Waals surface area (Å²) in [5.74, 6) is 3.60. The van der Waals surface area contributed by atoms with Crippen molar-refractivity contribution in [1.29, 1.82) is 0 Å². The lowest BCUT2D eigenvalue weighted by Gasteiger charge is -2.50. The van der Waals surface area contributed by atoms with Gasteiger partial charge in [0.05, 0.1) is 0 Å². The highest BCUT2D eigenvalue weighted by molar-refractivity contribution is 5.28. The van der Waals surface area contributed by atoms with E-state index in [1.807, 2.05) is 5.57 Å². The Balaban J connectivity index is 1.47. The largest absolute Gasteiger partial charge is 0.0847 e. The van der Waals surface area contributed by atoms with Gasteiger partial charge in [-0.05, 0) is 79.6 Å². The van der Waals surface area contributed by atoms with Crippen molar-refractivity contribution in [3.63, 3.8) is 0 Å². The van der Waals surface area contributed by atoms with Gasteiger partial charge in [0.25, 0.3) is 0 Å². The van der Waals surface area contributed by atoms with Crippen molar-refractivity contribution in [2.45, 2.75) is 57.8 Å². The minimum absolute atomic E-state index is 0.461. The summed E-state index contributed by atoms with van der Waals surface area (Å²) in [6.45, 7) is 0. The van der Waals surface area contributed by atoms with Crippen molar-refractivity contribution in [2.75, 3.05) is 0 Å². The third-order valence-electron chi connectivity index (χ3n) is 7.76. The molecule has 0 aliphatic heterocycles. The summed E-state index contributed by atoms with van der Waals surface area (Å²) in [5, 5.41) is 0. The molecule has 0 spiro atoms. The lowest BCUT2D eigenvalue weighted by Crippen LogP contribution is -2.42. The first-order valence-electron chi connectivity index (χ1n) is 10.3. The summed E-state index contributed by atoms with van der Waals surface area (Å²) >= 11 is 0. The van der Waals surface area contributed by atoms with E-state index in [0.29, 0.717) is 5.41 Å². The Bertz CT molecular complexity index is 652. The van der Waals surface area contributed by atoms with Gasteiger partial charge in [-0.2, -0.15) is 0 Å². The average molecular weight is 319 g/mol. The van der Waals surface area contributed by atoms with Crippen LogP contribution in [0.1, 0.15) is 56.9 Å². The molecule has 2 saturated carbocycles.